The Labute approximate surface area is 126 Å². The zero-order valence-corrected chi connectivity index (χ0v) is 12.1. The molecule has 2 rings (SSSR count). The number of carbonyl (C=O) groups is 1. The van der Waals surface area contributed by atoms with Crippen molar-refractivity contribution in [2.45, 2.75) is 16.2 Å². The van der Waals surface area contributed by atoms with Gasteiger partial charge in [0.05, 0.1) is 18.4 Å². The van der Waals surface area contributed by atoms with E-state index in [0.29, 0.717) is 5.75 Å². The first kappa shape index (κ1) is 15.1. The second-order valence-corrected chi connectivity index (χ2v) is 5.16. The van der Waals surface area contributed by atoms with E-state index >= 15 is 0 Å². The van der Waals surface area contributed by atoms with E-state index in [1.165, 1.54) is 11.8 Å². The quantitative estimate of drug-likeness (QED) is 0.602. The van der Waals surface area contributed by atoms with Gasteiger partial charge in [-0.15, -0.1) is 4.91 Å². The van der Waals surface area contributed by atoms with E-state index < -0.39 is 5.97 Å². The van der Waals surface area contributed by atoms with Crippen LogP contribution < -0.4 is 4.74 Å². The van der Waals surface area contributed by atoms with Crippen molar-refractivity contribution in [3.8, 4) is 5.75 Å². The molecule has 0 aromatic heterocycles. The van der Waals surface area contributed by atoms with Crippen molar-refractivity contribution in [3.05, 3.63) is 59.0 Å². The summed E-state index contributed by atoms with van der Waals surface area (Å²) in [5.41, 5.74) is 0.719. The zero-order chi connectivity index (χ0) is 15.1. The minimum absolute atomic E-state index is 0.0435. The minimum Gasteiger partial charge on any atom is -0.496 e. The Morgan fingerprint density at radius 1 is 1.14 bits per heavy atom. The van der Waals surface area contributed by atoms with E-state index in [2.05, 4.69) is 10.2 Å². The van der Waals surface area contributed by atoms with Gasteiger partial charge in [-0.3, -0.25) is 4.84 Å². The van der Waals surface area contributed by atoms with Crippen LogP contribution in [-0.2, 0) is 16.1 Å². The summed E-state index contributed by atoms with van der Waals surface area (Å²) < 4.78 is 5.34. The van der Waals surface area contributed by atoms with Crippen molar-refractivity contribution in [2.24, 2.45) is 5.34 Å². The summed E-state index contributed by atoms with van der Waals surface area (Å²) in [6, 6.07) is 15.1. The molecular weight excluding hydrogens is 290 g/mol. The summed E-state index contributed by atoms with van der Waals surface area (Å²) >= 11 is 1.48. The molecule has 6 heteroatoms. The molecule has 0 aliphatic heterocycles. The molecule has 0 saturated carbocycles. The fourth-order valence-corrected chi connectivity index (χ4v) is 2.86. The number of benzene rings is 2. The summed E-state index contributed by atoms with van der Waals surface area (Å²) in [7, 11) is 1.57. The van der Waals surface area contributed by atoms with Crippen LogP contribution in [0.1, 0.15) is 5.56 Å². The van der Waals surface area contributed by atoms with Crippen molar-refractivity contribution in [3.63, 3.8) is 0 Å². The van der Waals surface area contributed by atoms with Crippen LogP contribution in [-0.4, -0.2) is 13.1 Å². The van der Waals surface area contributed by atoms with Gasteiger partial charge >= 0.3 is 5.97 Å². The highest BCUT2D eigenvalue weighted by molar-refractivity contribution is 7.99. The molecule has 2 aromatic rings. The van der Waals surface area contributed by atoms with E-state index in [1.54, 1.807) is 19.2 Å². The highest BCUT2D eigenvalue weighted by Gasteiger charge is 2.15. The maximum atomic E-state index is 11.5. The standard InChI is InChI=1S/C15H13NO4S/c1-19-13-9-5-6-11(10-14(17)20-16-18)15(13)21-12-7-3-2-4-8-12/h2-9H,10H2,1H3. The van der Waals surface area contributed by atoms with Crippen LogP contribution in [0.2, 0.25) is 0 Å². The first-order valence-electron chi connectivity index (χ1n) is 6.16. The molecule has 0 amide bonds. The molecular formula is C15H13NO4S. The Morgan fingerprint density at radius 3 is 2.57 bits per heavy atom. The molecule has 0 radical (unpaired) electrons. The number of hydrogen-bond acceptors (Lipinski definition) is 6. The Bertz CT molecular complexity index is 631. The zero-order valence-electron chi connectivity index (χ0n) is 11.3. The summed E-state index contributed by atoms with van der Waals surface area (Å²) in [5.74, 6) is -0.0404. The van der Waals surface area contributed by atoms with Crippen molar-refractivity contribution in [1.29, 1.82) is 0 Å². The van der Waals surface area contributed by atoms with E-state index in [9.17, 15) is 9.70 Å². The summed E-state index contributed by atoms with van der Waals surface area (Å²) in [4.78, 5) is 27.4. The number of ether oxygens (including phenoxy) is 1. The second-order valence-electron chi connectivity index (χ2n) is 4.08. The third-order valence-electron chi connectivity index (χ3n) is 2.72. The molecule has 5 nitrogen and oxygen atoms in total. The molecule has 108 valence electrons. The smallest absolute Gasteiger partial charge is 0.342 e. The van der Waals surface area contributed by atoms with Gasteiger partial charge in [-0.1, -0.05) is 42.1 Å². The summed E-state index contributed by atoms with van der Waals surface area (Å²) in [6.07, 6.45) is -0.0435. The average Bonchev–Trinajstić information content (AvgIpc) is 2.50. The highest BCUT2D eigenvalue weighted by Crippen LogP contribution is 2.37. The lowest BCUT2D eigenvalue weighted by molar-refractivity contribution is -0.143. The van der Waals surface area contributed by atoms with Crippen LogP contribution in [0.15, 0.2) is 63.7 Å². The van der Waals surface area contributed by atoms with Gasteiger partial charge in [-0.2, -0.15) is 0 Å². The Kier molecular flexibility index (Phi) is 5.34. The topological polar surface area (TPSA) is 65.0 Å². The molecule has 21 heavy (non-hydrogen) atoms. The monoisotopic (exact) mass is 303 g/mol. The molecule has 2 aromatic carbocycles. The van der Waals surface area contributed by atoms with Crippen molar-refractivity contribution >= 4 is 17.7 Å². The predicted molar refractivity (Wildman–Crippen MR) is 79.2 cm³/mol. The molecule has 0 N–H and O–H groups in total. The summed E-state index contributed by atoms with van der Waals surface area (Å²) in [5, 5.41) is 2.15. The van der Waals surface area contributed by atoms with Gasteiger partial charge in [-0.25, -0.2) is 4.79 Å². The highest BCUT2D eigenvalue weighted by atomic mass is 32.2. The first-order chi connectivity index (χ1) is 10.2. The molecule has 0 saturated heterocycles. The van der Waals surface area contributed by atoms with Crippen LogP contribution in [0.4, 0.5) is 0 Å². The van der Waals surface area contributed by atoms with Crippen LogP contribution in [0, 0.1) is 4.91 Å². The maximum Gasteiger partial charge on any atom is 0.342 e. The predicted octanol–water partition coefficient (Wildman–Crippen LogP) is 3.61. The van der Waals surface area contributed by atoms with Gasteiger partial charge in [-0.05, 0) is 23.8 Å². The van der Waals surface area contributed by atoms with Crippen molar-refractivity contribution < 1.29 is 14.4 Å². The molecule has 0 bridgehead atoms. The lowest BCUT2D eigenvalue weighted by atomic mass is 10.1. The molecule has 0 aliphatic rings. The average molecular weight is 303 g/mol. The fraction of sp³-hybridized carbons (Fsp3) is 0.133. The van der Waals surface area contributed by atoms with E-state index in [-0.39, 0.29) is 6.42 Å². The van der Waals surface area contributed by atoms with Crippen LogP contribution in [0.5, 0.6) is 5.75 Å². The third-order valence-corrected chi connectivity index (χ3v) is 3.89. The van der Waals surface area contributed by atoms with Gasteiger partial charge in [0, 0.05) is 4.90 Å². The largest absolute Gasteiger partial charge is 0.496 e. The molecule has 0 aliphatic carbocycles. The number of hydrogen-bond donors (Lipinski definition) is 0. The van der Waals surface area contributed by atoms with Gasteiger partial charge in [0.25, 0.3) is 0 Å². The Morgan fingerprint density at radius 2 is 1.90 bits per heavy atom. The number of methoxy groups -OCH3 is 1. The second kappa shape index (κ2) is 7.44. The lowest BCUT2D eigenvalue weighted by Crippen LogP contribution is -2.05. The van der Waals surface area contributed by atoms with E-state index in [0.717, 1.165) is 15.4 Å². The van der Waals surface area contributed by atoms with Gasteiger partial charge in [0.1, 0.15) is 5.75 Å². The molecule has 0 unspecified atom stereocenters. The maximum absolute atomic E-state index is 11.5. The molecule has 0 atom stereocenters. The number of carbonyl (C=O) groups excluding carboxylic acids is 1. The van der Waals surface area contributed by atoms with Crippen LogP contribution in [0.3, 0.4) is 0 Å². The van der Waals surface area contributed by atoms with Gasteiger partial charge in [0.15, 0.2) is 5.34 Å². The van der Waals surface area contributed by atoms with Crippen molar-refractivity contribution in [1.82, 2.24) is 0 Å². The first-order valence-corrected chi connectivity index (χ1v) is 6.97. The third kappa shape index (κ3) is 4.06. The Balaban J connectivity index is 2.32. The molecule has 0 spiro atoms. The van der Waals surface area contributed by atoms with Crippen molar-refractivity contribution in [2.75, 3.05) is 7.11 Å². The van der Waals surface area contributed by atoms with Crippen LogP contribution >= 0.6 is 11.8 Å². The van der Waals surface area contributed by atoms with Crippen LogP contribution in [0.25, 0.3) is 0 Å². The summed E-state index contributed by atoms with van der Waals surface area (Å²) in [6.45, 7) is 0. The minimum atomic E-state index is -0.701. The number of rotatable bonds is 6. The molecule has 0 heterocycles. The van der Waals surface area contributed by atoms with E-state index in [1.807, 2.05) is 36.4 Å². The normalized spacial score (nSPS) is 9.95. The van der Waals surface area contributed by atoms with E-state index in [4.69, 9.17) is 4.74 Å². The Hall–Kier alpha value is -2.34. The number of nitrogens with zero attached hydrogens (tertiary/aromatic N) is 1. The SMILES string of the molecule is COc1cccc(CC(=O)ON=O)c1Sc1ccccc1. The lowest BCUT2D eigenvalue weighted by Gasteiger charge is -2.12. The molecule has 0 fully saturated rings. The van der Waals surface area contributed by atoms with Gasteiger partial charge < -0.3 is 4.74 Å². The van der Waals surface area contributed by atoms with Gasteiger partial charge in [0.2, 0.25) is 0 Å². The fourth-order valence-electron chi connectivity index (χ4n) is 1.81.